The molecule has 0 radical (unpaired) electrons. The zero-order valence-corrected chi connectivity index (χ0v) is 12.3. The Bertz CT molecular complexity index is 767. The first-order valence-corrected chi connectivity index (χ1v) is 8.59. The van der Waals surface area contributed by atoms with Crippen LogP contribution < -0.4 is 5.32 Å². The predicted molar refractivity (Wildman–Crippen MR) is 78.4 cm³/mol. The van der Waals surface area contributed by atoms with E-state index in [9.17, 15) is 13.2 Å². The Labute approximate surface area is 123 Å². The summed E-state index contributed by atoms with van der Waals surface area (Å²) >= 11 is 0. The highest BCUT2D eigenvalue weighted by atomic mass is 32.2. The number of carbonyl (C=O) groups is 1. The molecule has 21 heavy (non-hydrogen) atoms. The molecule has 1 aromatic carbocycles. The van der Waals surface area contributed by atoms with Crippen LogP contribution in [0.15, 0.2) is 40.3 Å². The molecule has 0 aromatic heterocycles. The summed E-state index contributed by atoms with van der Waals surface area (Å²) < 4.78 is 27.2. The molecule has 5 nitrogen and oxygen atoms in total. The molecule has 0 amide bonds. The van der Waals surface area contributed by atoms with Gasteiger partial charge in [0.1, 0.15) is 4.90 Å². The highest BCUT2D eigenvalue weighted by Gasteiger charge is 2.40. The molecule has 2 bridgehead atoms. The number of nitrogens with one attached hydrogen (secondary N) is 1. The van der Waals surface area contributed by atoms with Gasteiger partial charge in [0, 0.05) is 31.6 Å². The number of rotatable bonds is 0. The number of nitrogens with zero attached hydrogens (tertiary/aromatic N) is 1. The number of para-hydroxylation sites is 1. The Kier molecular flexibility index (Phi) is 2.74. The highest BCUT2D eigenvalue weighted by molar-refractivity contribution is 7.89. The van der Waals surface area contributed by atoms with Crippen molar-refractivity contribution in [2.45, 2.75) is 17.7 Å². The lowest BCUT2D eigenvalue weighted by Gasteiger charge is -2.31. The summed E-state index contributed by atoms with van der Waals surface area (Å²) in [6.07, 6.45) is 1.29. The van der Waals surface area contributed by atoms with E-state index in [-0.39, 0.29) is 11.7 Å². The second-order valence-corrected chi connectivity index (χ2v) is 7.71. The van der Waals surface area contributed by atoms with Gasteiger partial charge in [0.25, 0.3) is 0 Å². The molecule has 1 fully saturated rings. The van der Waals surface area contributed by atoms with Gasteiger partial charge < -0.3 is 5.32 Å². The number of fused-ring (bicyclic) bond motifs is 2. The zero-order valence-electron chi connectivity index (χ0n) is 11.5. The third-order valence-corrected chi connectivity index (χ3v) is 6.59. The molecule has 1 saturated heterocycles. The molecule has 1 N–H and O–H groups in total. The molecule has 6 heteroatoms. The second-order valence-electron chi connectivity index (χ2n) is 5.80. The Morgan fingerprint density at radius 3 is 2.90 bits per heavy atom. The van der Waals surface area contributed by atoms with E-state index in [0.717, 1.165) is 17.6 Å². The minimum absolute atomic E-state index is 0.168. The molecule has 3 aliphatic rings. The van der Waals surface area contributed by atoms with Crippen LogP contribution >= 0.6 is 0 Å². The molecule has 4 rings (SSSR count). The van der Waals surface area contributed by atoms with E-state index in [2.05, 4.69) is 5.32 Å². The van der Waals surface area contributed by atoms with Crippen LogP contribution in [-0.2, 0) is 14.8 Å². The van der Waals surface area contributed by atoms with Crippen molar-refractivity contribution in [1.82, 2.24) is 4.31 Å². The quantitative estimate of drug-likeness (QED) is 0.786. The van der Waals surface area contributed by atoms with Gasteiger partial charge in [-0.05, 0) is 30.0 Å². The number of Topliss-reactive ketones (excluding diaryl/α,β-unsaturated/α-hetero) is 1. The number of benzene rings is 1. The Morgan fingerprint density at radius 1 is 1.24 bits per heavy atom. The van der Waals surface area contributed by atoms with Crippen LogP contribution in [0, 0.1) is 5.92 Å². The molecule has 1 aliphatic carbocycles. The first-order valence-electron chi connectivity index (χ1n) is 7.15. The summed E-state index contributed by atoms with van der Waals surface area (Å²) in [5.74, 6) is 0.406. The number of ketones is 1. The summed E-state index contributed by atoms with van der Waals surface area (Å²) in [5, 5.41) is 3.15. The van der Waals surface area contributed by atoms with Gasteiger partial charge in [0.2, 0.25) is 10.0 Å². The minimum atomic E-state index is -3.51. The first-order chi connectivity index (χ1) is 10.1. The molecule has 2 aliphatic heterocycles. The lowest BCUT2D eigenvalue weighted by molar-refractivity contribution is -0.115. The van der Waals surface area contributed by atoms with Crippen molar-refractivity contribution in [3.8, 4) is 0 Å². The normalized spacial score (nSPS) is 30.0. The van der Waals surface area contributed by atoms with Crippen LogP contribution in [0.3, 0.4) is 0 Å². The fourth-order valence-corrected chi connectivity index (χ4v) is 5.14. The summed E-state index contributed by atoms with van der Waals surface area (Å²) in [6.45, 7) is 1.28. The number of anilines is 1. The Balaban J connectivity index is 1.90. The molecule has 2 atom stereocenters. The maximum absolute atomic E-state index is 12.8. The maximum atomic E-state index is 12.8. The SMILES string of the molecule is O=C1C[C@@H]2CCN3CC2=C1CNc1ccccc1S3(=O)=O. The van der Waals surface area contributed by atoms with E-state index in [1.54, 1.807) is 24.3 Å². The van der Waals surface area contributed by atoms with Gasteiger partial charge in [0.05, 0.1) is 5.69 Å². The van der Waals surface area contributed by atoms with Gasteiger partial charge in [0.15, 0.2) is 5.78 Å². The molecular weight excluding hydrogens is 288 g/mol. The van der Waals surface area contributed by atoms with Gasteiger partial charge in [-0.25, -0.2) is 8.42 Å². The van der Waals surface area contributed by atoms with Gasteiger partial charge in [-0.15, -0.1) is 0 Å². The van der Waals surface area contributed by atoms with Gasteiger partial charge in [-0.3, -0.25) is 4.79 Å². The van der Waals surface area contributed by atoms with Crippen LogP contribution in [-0.4, -0.2) is 38.1 Å². The Hall–Kier alpha value is -1.66. The topological polar surface area (TPSA) is 66.5 Å². The van der Waals surface area contributed by atoms with Crippen LogP contribution in [0.2, 0.25) is 0 Å². The van der Waals surface area contributed by atoms with Crippen molar-refractivity contribution >= 4 is 21.5 Å². The molecule has 1 unspecified atom stereocenters. The summed E-state index contributed by atoms with van der Waals surface area (Å²) in [4.78, 5) is 12.5. The smallest absolute Gasteiger partial charge is 0.245 e. The van der Waals surface area contributed by atoms with Crippen molar-refractivity contribution in [3.05, 3.63) is 35.4 Å². The standard InChI is InChI=1S/C15H16N2O3S/c18-14-7-10-5-6-17-9-12(10)11(14)8-16-13-3-1-2-4-15(13)21(17,19)20/h1-4,10,16H,5-9H2/t10-/m0/s1. The van der Waals surface area contributed by atoms with E-state index in [1.165, 1.54) is 4.31 Å². The maximum Gasteiger partial charge on any atom is 0.245 e. The first kappa shape index (κ1) is 13.0. The summed E-state index contributed by atoms with van der Waals surface area (Å²) in [7, 11) is -3.51. The van der Waals surface area contributed by atoms with Crippen LogP contribution in [0.1, 0.15) is 12.8 Å². The number of sulfonamides is 1. The Morgan fingerprint density at radius 2 is 2.05 bits per heavy atom. The van der Waals surface area contributed by atoms with Crippen molar-refractivity contribution in [3.63, 3.8) is 0 Å². The van der Waals surface area contributed by atoms with E-state index in [4.69, 9.17) is 0 Å². The van der Waals surface area contributed by atoms with E-state index < -0.39 is 10.0 Å². The number of carbonyl (C=O) groups excluding carboxylic acids is 1. The van der Waals surface area contributed by atoms with Crippen molar-refractivity contribution in [1.29, 1.82) is 0 Å². The predicted octanol–water partition coefficient (Wildman–Crippen LogP) is 1.39. The van der Waals surface area contributed by atoms with Crippen LogP contribution in [0.25, 0.3) is 0 Å². The number of piperidine rings is 1. The van der Waals surface area contributed by atoms with Gasteiger partial charge in [-0.2, -0.15) is 4.31 Å². The average Bonchev–Trinajstić information content (AvgIpc) is 2.80. The lowest BCUT2D eigenvalue weighted by Crippen LogP contribution is -2.39. The molecule has 0 saturated carbocycles. The second kappa shape index (κ2) is 4.42. The number of hydrogen-bond acceptors (Lipinski definition) is 4. The van der Waals surface area contributed by atoms with Crippen molar-refractivity contribution in [2.24, 2.45) is 5.92 Å². The minimum Gasteiger partial charge on any atom is -0.380 e. The molecular formula is C15H16N2O3S. The highest BCUT2D eigenvalue weighted by Crippen LogP contribution is 2.39. The summed E-state index contributed by atoms with van der Waals surface area (Å²) in [6, 6.07) is 6.92. The third kappa shape index (κ3) is 1.86. The lowest BCUT2D eigenvalue weighted by atomic mass is 9.94. The average molecular weight is 304 g/mol. The molecule has 0 spiro atoms. The van der Waals surface area contributed by atoms with Gasteiger partial charge >= 0.3 is 0 Å². The fraction of sp³-hybridized carbons (Fsp3) is 0.400. The monoisotopic (exact) mass is 304 g/mol. The van der Waals surface area contributed by atoms with E-state index >= 15 is 0 Å². The van der Waals surface area contributed by atoms with E-state index in [0.29, 0.717) is 36.6 Å². The van der Waals surface area contributed by atoms with Crippen molar-refractivity contribution in [2.75, 3.05) is 25.0 Å². The largest absolute Gasteiger partial charge is 0.380 e. The van der Waals surface area contributed by atoms with Gasteiger partial charge in [-0.1, -0.05) is 12.1 Å². The summed E-state index contributed by atoms with van der Waals surface area (Å²) in [5.41, 5.74) is 2.39. The van der Waals surface area contributed by atoms with Crippen LogP contribution in [0.4, 0.5) is 5.69 Å². The molecule has 1 aromatic rings. The van der Waals surface area contributed by atoms with E-state index in [1.807, 2.05) is 0 Å². The molecule has 110 valence electrons. The van der Waals surface area contributed by atoms with Crippen LogP contribution in [0.5, 0.6) is 0 Å². The third-order valence-electron chi connectivity index (χ3n) is 4.68. The zero-order chi connectivity index (χ0) is 14.6. The van der Waals surface area contributed by atoms with Crippen molar-refractivity contribution < 1.29 is 13.2 Å². The molecule has 2 heterocycles. The fourth-order valence-electron chi connectivity index (χ4n) is 3.54. The number of hydrogen-bond donors (Lipinski definition) is 1.